The maximum absolute atomic E-state index is 13.0. The molecule has 3 aliphatic rings. The van der Waals surface area contributed by atoms with Gasteiger partial charge in [-0.2, -0.15) is 0 Å². The van der Waals surface area contributed by atoms with Crippen molar-refractivity contribution in [1.82, 2.24) is 9.80 Å². The number of carbonyl (C=O) groups excluding carboxylic acids is 3. The van der Waals surface area contributed by atoms with E-state index < -0.39 is 0 Å². The van der Waals surface area contributed by atoms with E-state index in [4.69, 9.17) is 0 Å². The highest BCUT2D eigenvalue weighted by molar-refractivity contribution is 6.21. The number of carbonyl (C=O) groups is 3. The molecule has 0 aromatic heterocycles. The van der Waals surface area contributed by atoms with Gasteiger partial charge in [-0.05, 0) is 49.8 Å². The normalized spacial score (nSPS) is 26.4. The Morgan fingerprint density at radius 1 is 1.00 bits per heavy atom. The van der Waals surface area contributed by atoms with Crippen molar-refractivity contribution in [1.29, 1.82) is 0 Å². The van der Waals surface area contributed by atoms with E-state index in [0.29, 0.717) is 28.7 Å². The summed E-state index contributed by atoms with van der Waals surface area (Å²) in [5.41, 5.74) is 1.27. The predicted molar refractivity (Wildman–Crippen MR) is 88.9 cm³/mol. The van der Waals surface area contributed by atoms with Gasteiger partial charge in [-0.15, -0.1) is 0 Å². The molecule has 0 radical (unpaired) electrons. The second kappa shape index (κ2) is 5.72. The summed E-state index contributed by atoms with van der Waals surface area (Å²) in [6, 6.07) is 5.26. The largest absolute Gasteiger partial charge is 0.335 e. The van der Waals surface area contributed by atoms with Crippen molar-refractivity contribution in [3.05, 3.63) is 34.9 Å². The Labute approximate surface area is 141 Å². The zero-order valence-electron chi connectivity index (χ0n) is 14.0. The topological polar surface area (TPSA) is 57.7 Å². The number of likely N-dealkylation sites (tertiary alicyclic amines) is 1. The molecule has 2 aliphatic heterocycles. The highest BCUT2D eigenvalue weighted by Gasteiger charge is 2.37. The lowest BCUT2D eigenvalue weighted by molar-refractivity contribution is 0.0390. The van der Waals surface area contributed by atoms with Crippen molar-refractivity contribution in [2.45, 2.75) is 44.6 Å². The van der Waals surface area contributed by atoms with E-state index >= 15 is 0 Å². The fraction of sp³-hybridized carbons (Fsp3) is 0.526. The van der Waals surface area contributed by atoms with Crippen LogP contribution in [0.2, 0.25) is 0 Å². The number of imide groups is 1. The number of amides is 3. The van der Waals surface area contributed by atoms with Crippen LogP contribution in [0.1, 0.15) is 69.6 Å². The molecule has 126 valence electrons. The molecule has 1 saturated carbocycles. The summed E-state index contributed by atoms with van der Waals surface area (Å²) in [5, 5.41) is 0. The molecule has 3 amide bonds. The summed E-state index contributed by atoms with van der Waals surface area (Å²) in [5.74, 6) is 0.0163. The minimum Gasteiger partial charge on any atom is -0.335 e. The molecule has 4 rings (SSSR count). The molecule has 1 aromatic rings. The van der Waals surface area contributed by atoms with Gasteiger partial charge in [0, 0.05) is 25.2 Å². The second-order valence-electron chi connectivity index (χ2n) is 7.18. The summed E-state index contributed by atoms with van der Waals surface area (Å²) in [6.07, 6.45) is 7.03. The molecule has 1 aliphatic carbocycles. The predicted octanol–water partition coefficient (Wildman–Crippen LogP) is 2.71. The second-order valence-corrected chi connectivity index (χ2v) is 7.18. The Morgan fingerprint density at radius 2 is 1.71 bits per heavy atom. The minimum atomic E-state index is -0.321. The Hall–Kier alpha value is -2.17. The van der Waals surface area contributed by atoms with E-state index in [1.807, 2.05) is 4.90 Å². The van der Waals surface area contributed by atoms with Crippen LogP contribution in [0.3, 0.4) is 0 Å². The summed E-state index contributed by atoms with van der Waals surface area (Å²) in [7, 11) is 1.48. The Bertz CT molecular complexity index is 725. The van der Waals surface area contributed by atoms with E-state index in [2.05, 4.69) is 0 Å². The van der Waals surface area contributed by atoms with Gasteiger partial charge in [0.05, 0.1) is 11.1 Å². The van der Waals surface area contributed by atoms with Gasteiger partial charge in [0.2, 0.25) is 0 Å². The zero-order valence-corrected chi connectivity index (χ0v) is 14.0. The van der Waals surface area contributed by atoms with Crippen LogP contribution in [-0.2, 0) is 0 Å². The van der Waals surface area contributed by atoms with Gasteiger partial charge in [0.1, 0.15) is 0 Å². The lowest BCUT2D eigenvalue weighted by Gasteiger charge is -2.44. The number of hydrogen-bond acceptors (Lipinski definition) is 3. The van der Waals surface area contributed by atoms with Crippen LogP contribution < -0.4 is 0 Å². The molecule has 0 bridgehead atoms. The molecule has 2 unspecified atom stereocenters. The first-order valence-corrected chi connectivity index (χ1v) is 8.85. The molecular formula is C19H22N2O3. The van der Waals surface area contributed by atoms with Crippen LogP contribution >= 0.6 is 0 Å². The molecule has 0 N–H and O–H groups in total. The standard InChI is InChI=1S/C19H22N2O3/c1-20-18(23)14-9-8-13(11-15(14)19(20)24)17(22)21-10-4-6-12-5-2-3-7-16(12)21/h8-9,11-12,16H,2-7,10H2,1H3. The van der Waals surface area contributed by atoms with E-state index in [0.717, 1.165) is 24.3 Å². The molecule has 1 aromatic carbocycles. The van der Waals surface area contributed by atoms with E-state index in [-0.39, 0.29) is 17.7 Å². The summed E-state index contributed by atoms with van der Waals surface area (Å²) in [4.78, 5) is 40.3. The average Bonchev–Trinajstić information content (AvgIpc) is 2.84. The Morgan fingerprint density at radius 3 is 2.54 bits per heavy atom. The first kappa shape index (κ1) is 15.4. The average molecular weight is 326 g/mol. The number of rotatable bonds is 1. The van der Waals surface area contributed by atoms with Crippen molar-refractivity contribution in [3.8, 4) is 0 Å². The number of piperidine rings is 1. The van der Waals surface area contributed by atoms with E-state index in [1.165, 1.54) is 32.7 Å². The minimum absolute atomic E-state index is 0.00389. The van der Waals surface area contributed by atoms with Gasteiger partial charge in [0.25, 0.3) is 17.7 Å². The lowest BCUT2D eigenvalue weighted by atomic mass is 9.78. The molecular weight excluding hydrogens is 304 g/mol. The summed E-state index contributed by atoms with van der Waals surface area (Å²) in [6.45, 7) is 0.796. The number of hydrogen-bond donors (Lipinski definition) is 0. The third kappa shape index (κ3) is 2.26. The van der Waals surface area contributed by atoms with Crippen LogP contribution in [0.25, 0.3) is 0 Å². The van der Waals surface area contributed by atoms with Crippen molar-refractivity contribution < 1.29 is 14.4 Å². The van der Waals surface area contributed by atoms with Crippen molar-refractivity contribution in [2.24, 2.45) is 5.92 Å². The van der Waals surface area contributed by atoms with Crippen LogP contribution in [-0.4, -0.2) is 47.2 Å². The van der Waals surface area contributed by atoms with Crippen LogP contribution in [0.4, 0.5) is 0 Å². The van der Waals surface area contributed by atoms with E-state index in [1.54, 1.807) is 18.2 Å². The molecule has 5 heteroatoms. The zero-order chi connectivity index (χ0) is 16.8. The number of benzene rings is 1. The fourth-order valence-corrected chi connectivity index (χ4v) is 4.54. The maximum atomic E-state index is 13.0. The fourth-order valence-electron chi connectivity index (χ4n) is 4.54. The van der Waals surface area contributed by atoms with Crippen LogP contribution in [0, 0.1) is 5.92 Å². The molecule has 2 fully saturated rings. The lowest BCUT2D eigenvalue weighted by Crippen LogP contribution is -2.49. The molecule has 5 nitrogen and oxygen atoms in total. The SMILES string of the molecule is CN1C(=O)c2ccc(C(=O)N3CCCC4CCCCC43)cc2C1=O. The van der Waals surface area contributed by atoms with Gasteiger partial charge in [-0.3, -0.25) is 19.3 Å². The van der Waals surface area contributed by atoms with Gasteiger partial charge >= 0.3 is 0 Å². The monoisotopic (exact) mass is 326 g/mol. The quantitative estimate of drug-likeness (QED) is 0.746. The number of fused-ring (bicyclic) bond motifs is 2. The van der Waals surface area contributed by atoms with Crippen LogP contribution in [0.15, 0.2) is 18.2 Å². The maximum Gasteiger partial charge on any atom is 0.261 e. The van der Waals surface area contributed by atoms with Crippen molar-refractivity contribution >= 4 is 17.7 Å². The third-order valence-electron chi connectivity index (χ3n) is 5.84. The first-order valence-electron chi connectivity index (χ1n) is 8.85. The third-order valence-corrected chi connectivity index (χ3v) is 5.84. The summed E-state index contributed by atoms with van der Waals surface area (Å²) < 4.78 is 0. The Kier molecular flexibility index (Phi) is 3.66. The van der Waals surface area contributed by atoms with Gasteiger partial charge < -0.3 is 4.90 Å². The summed E-state index contributed by atoms with van der Waals surface area (Å²) >= 11 is 0. The van der Waals surface area contributed by atoms with Crippen LogP contribution in [0.5, 0.6) is 0 Å². The van der Waals surface area contributed by atoms with Gasteiger partial charge in [-0.25, -0.2) is 0 Å². The molecule has 1 saturated heterocycles. The molecule has 24 heavy (non-hydrogen) atoms. The van der Waals surface area contributed by atoms with Crippen molar-refractivity contribution in [3.63, 3.8) is 0 Å². The van der Waals surface area contributed by atoms with E-state index in [9.17, 15) is 14.4 Å². The Balaban J connectivity index is 1.63. The smallest absolute Gasteiger partial charge is 0.261 e. The molecule has 0 spiro atoms. The van der Waals surface area contributed by atoms with Gasteiger partial charge in [0.15, 0.2) is 0 Å². The number of nitrogens with zero attached hydrogens (tertiary/aromatic N) is 2. The highest BCUT2D eigenvalue weighted by Crippen LogP contribution is 2.36. The first-order chi connectivity index (χ1) is 11.6. The molecule has 2 atom stereocenters. The highest BCUT2D eigenvalue weighted by atomic mass is 16.2. The van der Waals surface area contributed by atoms with Crippen molar-refractivity contribution in [2.75, 3.05) is 13.6 Å². The molecule has 2 heterocycles. The van der Waals surface area contributed by atoms with Gasteiger partial charge in [-0.1, -0.05) is 12.8 Å².